The average Bonchev–Trinajstić information content (AvgIpc) is 2.38. The molecular formula is C13H19NO4. The summed E-state index contributed by atoms with van der Waals surface area (Å²) >= 11 is 0. The number of rotatable bonds is 7. The SMILES string of the molecule is COCCOc1cccc(CC(N)C(=O)OC)c1. The lowest BCUT2D eigenvalue weighted by Gasteiger charge is -2.11. The molecule has 0 aliphatic carbocycles. The molecule has 0 saturated carbocycles. The summed E-state index contributed by atoms with van der Waals surface area (Å²) in [6.07, 6.45) is 0.425. The van der Waals surface area contributed by atoms with E-state index in [4.69, 9.17) is 15.2 Å². The molecule has 0 heterocycles. The Morgan fingerprint density at radius 1 is 1.33 bits per heavy atom. The van der Waals surface area contributed by atoms with Gasteiger partial charge in [-0.3, -0.25) is 4.79 Å². The maximum absolute atomic E-state index is 11.2. The molecule has 0 radical (unpaired) electrons. The standard InChI is InChI=1S/C13H19NO4/c1-16-6-7-18-11-5-3-4-10(8-11)9-12(14)13(15)17-2/h3-5,8,12H,6-7,9,14H2,1-2H3. The van der Waals surface area contributed by atoms with Gasteiger partial charge in [0, 0.05) is 7.11 Å². The summed E-state index contributed by atoms with van der Waals surface area (Å²) in [5.74, 6) is 0.322. The van der Waals surface area contributed by atoms with Crippen LogP contribution in [0.3, 0.4) is 0 Å². The van der Waals surface area contributed by atoms with Crippen LogP contribution >= 0.6 is 0 Å². The average molecular weight is 253 g/mol. The molecule has 0 amide bonds. The van der Waals surface area contributed by atoms with Crippen LogP contribution in [0.5, 0.6) is 5.75 Å². The van der Waals surface area contributed by atoms with Crippen LogP contribution in [0.4, 0.5) is 0 Å². The largest absolute Gasteiger partial charge is 0.491 e. The predicted molar refractivity (Wildman–Crippen MR) is 67.5 cm³/mol. The van der Waals surface area contributed by atoms with Gasteiger partial charge in [-0.15, -0.1) is 0 Å². The van der Waals surface area contributed by atoms with Crippen LogP contribution in [-0.2, 0) is 20.7 Å². The predicted octanol–water partition coefficient (Wildman–Crippen LogP) is 0.755. The summed E-state index contributed by atoms with van der Waals surface area (Å²) in [6.45, 7) is 1.02. The maximum Gasteiger partial charge on any atom is 0.322 e. The zero-order valence-corrected chi connectivity index (χ0v) is 10.7. The van der Waals surface area contributed by atoms with Gasteiger partial charge in [0.15, 0.2) is 0 Å². The fraction of sp³-hybridized carbons (Fsp3) is 0.462. The van der Waals surface area contributed by atoms with Gasteiger partial charge in [-0.25, -0.2) is 0 Å². The van der Waals surface area contributed by atoms with E-state index in [1.54, 1.807) is 7.11 Å². The van der Waals surface area contributed by atoms with E-state index in [1.165, 1.54) is 7.11 Å². The van der Waals surface area contributed by atoms with E-state index in [2.05, 4.69) is 4.74 Å². The molecule has 2 N–H and O–H groups in total. The van der Waals surface area contributed by atoms with E-state index in [-0.39, 0.29) is 0 Å². The van der Waals surface area contributed by atoms with Crippen molar-refractivity contribution in [2.45, 2.75) is 12.5 Å². The van der Waals surface area contributed by atoms with Crippen molar-refractivity contribution >= 4 is 5.97 Å². The van der Waals surface area contributed by atoms with Crippen molar-refractivity contribution in [2.75, 3.05) is 27.4 Å². The molecule has 18 heavy (non-hydrogen) atoms. The molecule has 1 atom stereocenters. The van der Waals surface area contributed by atoms with E-state index < -0.39 is 12.0 Å². The maximum atomic E-state index is 11.2. The molecule has 0 saturated heterocycles. The van der Waals surface area contributed by atoms with Gasteiger partial charge in [-0.2, -0.15) is 0 Å². The van der Waals surface area contributed by atoms with Crippen LogP contribution in [0.15, 0.2) is 24.3 Å². The van der Waals surface area contributed by atoms with Crippen molar-refractivity contribution in [1.82, 2.24) is 0 Å². The minimum absolute atomic E-state index is 0.416. The summed E-state index contributed by atoms with van der Waals surface area (Å²) < 4.78 is 15.0. The van der Waals surface area contributed by atoms with Crippen molar-refractivity contribution in [3.63, 3.8) is 0 Å². The van der Waals surface area contributed by atoms with E-state index in [1.807, 2.05) is 24.3 Å². The van der Waals surface area contributed by atoms with E-state index in [9.17, 15) is 4.79 Å². The van der Waals surface area contributed by atoms with Crippen molar-refractivity contribution in [3.05, 3.63) is 29.8 Å². The molecule has 5 nitrogen and oxygen atoms in total. The lowest BCUT2D eigenvalue weighted by molar-refractivity contribution is -0.142. The quantitative estimate of drug-likeness (QED) is 0.573. The Morgan fingerprint density at radius 2 is 2.11 bits per heavy atom. The summed E-state index contributed by atoms with van der Waals surface area (Å²) in [6, 6.07) is 6.82. The van der Waals surface area contributed by atoms with Crippen LogP contribution in [0.1, 0.15) is 5.56 Å². The Labute approximate surface area is 107 Å². The van der Waals surface area contributed by atoms with Gasteiger partial charge in [0.2, 0.25) is 0 Å². The van der Waals surface area contributed by atoms with E-state index >= 15 is 0 Å². The fourth-order valence-corrected chi connectivity index (χ4v) is 1.49. The third-order valence-electron chi connectivity index (χ3n) is 2.41. The van der Waals surface area contributed by atoms with Crippen LogP contribution in [-0.4, -0.2) is 39.4 Å². The second-order valence-corrected chi connectivity index (χ2v) is 3.82. The molecular weight excluding hydrogens is 234 g/mol. The van der Waals surface area contributed by atoms with Gasteiger partial charge < -0.3 is 19.9 Å². The number of nitrogens with two attached hydrogens (primary N) is 1. The number of hydrogen-bond acceptors (Lipinski definition) is 5. The van der Waals surface area contributed by atoms with E-state index in [0.717, 1.165) is 11.3 Å². The fourth-order valence-electron chi connectivity index (χ4n) is 1.49. The van der Waals surface area contributed by atoms with Crippen LogP contribution in [0, 0.1) is 0 Å². The molecule has 0 spiro atoms. The van der Waals surface area contributed by atoms with Gasteiger partial charge in [-0.1, -0.05) is 12.1 Å². The smallest absolute Gasteiger partial charge is 0.322 e. The van der Waals surface area contributed by atoms with E-state index in [0.29, 0.717) is 19.6 Å². The molecule has 0 aliphatic rings. The topological polar surface area (TPSA) is 70.8 Å². The van der Waals surface area contributed by atoms with Crippen molar-refractivity contribution in [2.24, 2.45) is 5.73 Å². The first-order chi connectivity index (χ1) is 8.67. The summed E-state index contributed by atoms with van der Waals surface area (Å²) in [5, 5.41) is 0. The third kappa shape index (κ3) is 4.73. The molecule has 0 fully saturated rings. The summed E-state index contributed by atoms with van der Waals surface area (Å²) in [4.78, 5) is 11.2. The van der Waals surface area contributed by atoms with Crippen molar-refractivity contribution in [3.8, 4) is 5.75 Å². The minimum atomic E-state index is -0.649. The van der Waals surface area contributed by atoms with Crippen molar-refractivity contribution in [1.29, 1.82) is 0 Å². The number of esters is 1. The van der Waals surface area contributed by atoms with Gasteiger partial charge in [0.25, 0.3) is 0 Å². The lowest BCUT2D eigenvalue weighted by Crippen LogP contribution is -2.33. The number of methoxy groups -OCH3 is 2. The van der Waals surface area contributed by atoms with Gasteiger partial charge in [0.1, 0.15) is 18.4 Å². The van der Waals surface area contributed by atoms with Gasteiger partial charge in [-0.05, 0) is 24.1 Å². The highest BCUT2D eigenvalue weighted by Crippen LogP contribution is 2.14. The molecule has 0 aromatic heterocycles. The Balaban J connectivity index is 2.56. The Morgan fingerprint density at radius 3 is 2.78 bits per heavy atom. The highest BCUT2D eigenvalue weighted by molar-refractivity contribution is 5.75. The minimum Gasteiger partial charge on any atom is -0.491 e. The molecule has 5 heteroatoms. The first-order valence-electron chi connectivity index (χ1n) is 5.71. The number of benzene rings is 1. The highest BCUT2D eigenvalue weighted by Gasteiger charge is 2.14. The molecule has 0 aliphatic heterocycles. The Bertz CT molecular complexity index is 381. The number of carbonyl (C=O) groups is 1. The monoisotopic (exact) mass is 253 g/mol. The zero-order chi connectivity index (χ0) is 13.4. The summed E-state index contributed by atoms with van der Waals surface area (Å²) in [7, 11) is 2.95. The Hall–Kier alpha value is -1.59. The third-order valence-corrected chi connectivity index (χ3v) is 2.41. The molecule has 1 rings (SSSR count). The number of ether oxygens (including phenoxy) is 3. The number of hydrogen-bond donors (Lipinski definition) is 1. The van der Waals surface area contributed by atoms with Gasteiger partial charge >= 0.3 is 5.97 Å². The zero-order valence-electron chi connectivity index (χ0n) is 10.7. The lowest BCUT2D eigenvalue weighted by atomic mass is 10.1. The van der Waals surface area contributed by atoms with Crippen LogP contribution in [0.2, 0.25) is 0 Å². The molecule has 100 valence electrons. The normalized spacial score (nSPS) is 11.9. The molecule has 1 unspecified atom stereocenters. The molecule has 0 bridgehead atoms. The molecule has 1 aromatic carbocycles. The first kappa shape index (κ1) is 14.5. The Kier molecular flexibility index (Phi) is 6.18. The first-order valence-corrected chi connectivity index (χ1v) is 5.71. The second kappa shape index (κ2) is 7.68. The number of carbonyl (C=O) groups excluding carboxylic acids is 1. The van der Waals surface area contributed by atoms with Crippen molar-refractivity contribution < 1.29 is 19.0 Å². The van der Waals surface area contributed by atoms with Crippen LogP contribution in [0.25, 0.3) is 0 Å². The van der Waals surface area contributed by atoms with Gasteiger partial charge in [0.05, 0.1) is 13.7 Å². The summed E-state index contributed by atoms with van der Waals surface area (Å²) in [5.41, 5.74) is 6.63. The second-order valence-electron chi connectivity index (χ2n) is 3.82. The van der Waals surface area contributed by atoms with Crippen LogP contribution < -0.4 is 10.5 Å². The highest BCUT2D eigenvalue weighted by atomic mass is 16.5. The molecule has 1 aromatic rings.